The minimum atomic E-state index is -0.353. The second-order valence-corrected chi connectivity index (χ2v) is 30.6. The Bertz CT molecular complexity index is 3040. The lowest BCUT2D eigenvalue weighted by Gasteiger charge is -2.27. The number of unbranched alkanes of at least 4 members (excludes halogenated alkanes) is 35. The van der Waals surface area contributed by atoms with Crippen molar-refractivity contribution < 1.29 is 39.1 Å². The zero-order chi connectivity index (χ0) is 74.0. The molecule has 9 nitrogen and oxygen atoms in total. The predicted molar refractivity (Wildman–Crippen MR) is 441 cm³/mol. The van der Waals surface area contributed by atoms with Crippen molar-refractivity contribution in [1.82, 2.24) is 10.2 Å². The van der Waals surface area contributed by atoms with E-state index >= 15 is 0 Å². The van der Waals surface area contributed by atoms with Gasteiger partial charge in [-0.25, -0.2) is 4.39 Å². The zero-order valence-corrected chi connectivity index (χ0v) is 67.0. The van der Waals surface area contributed by atoms with Crippen molar-refractivity contribution in [2.75, 3.05) is 19.8 Å². The molecule has 6 aromatic rings. The normalized spacial score (nSPS) is 13.3. The Labute approximate surface area is 638 Å². The lowest BCUT2D eigenvalue weighted by molar-refractivity contribution is -0.135. The zero-order valence-electron chi connectivity index (χ0n) is 66.2. The molecule has 0 radical (unpaired) electrons. The summed E-state index contributed by atoms with van der Waals surface area (Å²) in [7, 11) is 0. The number of aromatic nitrogens is 2. The van der Waals surface area contributed by atoms with Crippen LogP contribution < -0.4 is 23.7 Å². The second-order valence-electron chi connectivity index (χ2n) is 29.6. The molecule has 0 N–H and O–H groups in total. The van der Waals surface area contributed by atoms with Crippen LogP contribution in [-0.2, 0) is 9.59 Å². The molecule has 5 aromatic carbocycles. The molecule has 0 bridgehead atoms. The fourth-order valence-corrected chi connectivity index (χ4v) is 14.7. The summed E-state index contributed by atoms with van der Waals surface area (Å²) in [6.07, 6.45) is 59.6. The van der Waals surface area contributed by atoms with Crippen molar-refractivity contribution in [2.45, 2.75) is 356 Å². The van der Waals surface area contributed by atoms with Crippen LogP contribution in [0.5, 0.6) is 28.7 Å². The lowest BCUT2D eigenvalue weighted by atomic mass is 9.80. The van der Waals surface area contributed by atoms with Gasteiger partial charge >= 0.3 is 11.9 Å². The van der Waals surface area contributed by atoms with Gasteiger partial charge in [0.05, 0.1) is 19.8 Å². The maximum atomic E-state index is 14.5. The molecule has 1 saturated carbocycles. The molecule has 104 heavy (non-hydrogen) atoms. The van der Waals surface area contributed by atoms with Crippen LogP contribution in [0.4, 0.5) is 4.39 Å². The third kappa shape index (κ3) is 40.6. The highest BCUT2D eigenvalue weighted by Gasteiger charge is 2.25. The number of carbonyl (C=O) groups excluding carboxylic acids is 2. The Morgan fingerprint density at radius 1 is 0.356 bits per heavy atom. The molecule has 1 aromatic heterocycles. The van der Waals surface area contributed by atoms with E-state index in [0.29, 0.717) is 42.6 Å². The van der Waals surface area contributed by atoms with E-state index in [1.807, 2.05) is 54.6 Å². The first-order valence-corrected chi connectivity index (χ1v) is 43.3. The SMILES string of the molecule is CCCCCCCCCC(=O)Oc1ccc(-c2ccc(OCCCCCCCC)c(F)c2)cc1.CCCCCCCCCCCCOc1ccc(-c2nnc(C3CCC(CCCCCC)CC3)s2)cc1.CCCCCCCCCCOc1ccc(-c2ccc(OC(=O)CCCCCCCC)cc2)cc1.[HH]. The summed E-state index contributed by atoms with van der Waals surface area (Å²) in [5, 5.41) is 11.4. The van der Waals surface area contributed by atoms with E-state index in [1.165, 1.54) is 255 Å². The topological polar surface area (TPSA) is 106 Å². The molecule has 0 aliphatic heterocycles. The van der Waals surface area contributed by atoms with Crippen LogP contribution in [0.15, 0.2) is 115 Å². The van der Waals surface area contributed by atoms with Gasteiger partial charge in [-0.1, -0.05) is 333 Å². The molecule has 0 unspecified atom stereocenters. The minimum absolute atomic E-state index is 0. The van der Waals surface area contributed by atoms with Gasteiger partial charge in [-0.05, 0) is 159 Å². The van der Waals surface area contributed by atoms with E-state index in [0.717, 1.165) is 115 Å². The number of esters is 2. The molecule has 7 rings (SSSR count). The highest BCUT2D eigenvalue weighted by molar-refractivity contribution is 7.14. The Hall–Kier alpha value is -6.07. The molecule has 1 aliphatic rings. The smallest absolute Gasteiger partial charge is 0.311 e. The van der Waals surface area contributed by atoms with Crippen molar-refractivity contribution in [3.8, 4) is 61.6 Å². The van der Waals surface area contributed by atoms with Gasteiger partial charge in [0, 0.05) is 25.7 Å². The number of benzene rings is 5. The predicted octanol–water partition coefficient (Wildman–Crippen LogP) is 29.8. The molecule has 0 amide bonds. The van der Waals surface area contributed by atoms with E-state index in [2.05, 4.69) is 88.1 Å². The lowest BCUT2D eigenvalue weighted by Crippen LogP contribution is -2.13. The van der Waals surface area contributed by atoms with Crippen LogP contribution >= 0.6 is 11.3 Å². The van der Waals surface area contributed by atoms with Gasteiger partial charge in [0.2, 0.25) is 0 Å². The molecule has 0 atom stereocenters. The minimum Gasteiger partial charge on any atom is -0.494 e. The van der Waals surface area contributed by atoms with E-state index < -0.39 is 0 Å². The number of halogens is 1. The van der Waals surface area contributed by atoms with E-state index in [4.69, 9.17) is 23.7 Å². The number of rotatable bonds is 56. The first-order chi connectivity index (χ1) is 51.2. The fraction of sp³-hybridized carbons (Fsp3) is 0.634. The summed E-state index contributed by atoms with van der Waals surface area (Å²) in [5.74, 6) is 4.21. The van der Waals surface area contributed by atoms with E-state index in [1.54, 1.807) is 29.5 Å². The number of nitrogens with zero attached hydrogens (tertiary/aromatic N) is 2. The van der Waals surface area contributed by atoms with Gasteiger partial charge in [0.25, 0.3) is 0 Å². The average Bonchev–Trinajstić information content (AvgIpc) is 1.82. The van der Waals surface area contributed by atoms with Crippen molar-refractivity contribution in [3.05, 3.63) is 126 Å². The Kier molecular flexibility index (Phi) is 50.3. The second kappa shape index (κ2) is 59.0. The highest BCUT2D eigenvalue weighted by Crippen LogP contribution is 2.40. The largest absolute Gasteiger partial charge is 0.494 e. The Balaban J connectivity index is 0.000000332. The van der Waals surface area contributed by atoms with Crippen molar-refractivity contribution in [1.29, 1.82) is 0 Å². The third-order valence-electron chi connectivity index (χ3n) is 20.3. The maximum Gasteiger partial charge on any atom is 0.311 e. The van der Waals surface area contributed by atoms with Crippen LogP contribution in [0.2, 0.25) is 0 Å². The van der Waals surface area contributed by atoms with Gasteiger partial charge in [-0.3, -0.25) is 9.59 Å². The van der Waals surface area contributed by atoms with Gasteiger partial charge in [0.15, 0.2) is 11.6 Å². The summed E-state index contributed by atoms with van der Waals surface area (Å²) in [4.78, 5) is 24.1. The molecule has 580 valence electrons. The monoisotopic (exact) mass is 1450 g/mol. The van der Waals surface area contributed by atoms with Gasteiger partial charge in [-0.2, -0.15) is 0 Å². The Morgan fingerprint density at radius 3 is 1.06 bits per heavy atom. The highest BCUT2D eigenvalue weighted by atomic mass is 32.1. The van der Waals surface area contributed by atoms with Gasteiger partial charge in [-0.15, -0.1) is 10.2 Å². The summed E-state index contributed by atoms with van der Waals surface area (Å²) >= 11 is 1.80. The van der Waals surface area contributed by atoms with Crippen molar-refractivity contribution in [2.24, 2.45) is 5.92 Å². The summed E-state index contributed by atoms with van der Waals surface area (Å²) in [6.45, 7) is 15.6. The van der Waals surface area contributed by atoms with Crippen molar-refractivity contribution in [3.63, 3.8) is 0 Å². The maximum absolute atomic E-state index is 14.5. The number of hydrogen-bond donors (Lipinski definition) is 0. The third-order valence-corrected chi connectivity index (χ3v) is 21.5. The van der Waals surface area contributed by atoms with Crippen LogP contribution in [0.25, 0.3) is 32.8 Å². The first-order valence-electron chi connectivity index (χ1n) is 42.5. The van der Waals surface area contributed by atoms with Crippen LogP contribution in [-0.4, -0.2) is 42.0 Å². The van der Waals surface area contributed by atoms with E-state index in [-0.39, 0.29) is 19.2 Å². The molecule has 11 heteroatoms. The number of carbonyl (C=O) groups is 2. The molecule has 1 fully saturated rings. The molecule has 0 saturated heterocycles. The summed E-state index contributed by atoms with van der Waals surface area (Å²) < 4.78 is 43.0. The summed E-state index contributed by atoms with van der Waals surface area (Å²) in [6, 6.07) is 36.8. The molecule has 1 heterocycles. The number of ether oxygens (including phenoxy) is 5. The summed E-state index contributed by atoms with van der Waals surface area (Å²) in [5.41, 5.74) is 5.03. The van der Waals surface area contributed by atoms with Crippen LogP contribution in [0, 0.1) is 11.7 Å². The molecule has 0 spiro atoms. The first kappa shape index (κ1) is 88.6. The van der Waals surface area contributed by atoms with E-state index in [9.17, 15) is 14.0 Å². The molecular formula is C93H143FN2O7S. The average molecular weight is 1450 g/mol. The van der Waals surface area contributed by atoms with Crippen molar-refractivity contribution >= 4 is 23.3 Å². The van der Waals surface area contributed by atoms with Crippen LogP contribution in [0.1, 0.15) is 362 Å². The molecular weight excluding hydrogens is 1310 g/mol. The van der Waals surface area contributed by atoms with Gasteiger partial charge < -0.3 is 23.7 Å². The van der Waals surface area contributed by atoms with Gasteiger partial charge in [0.1, 0.15) is 33.0 Å². The Morgan fingerprint density at radius 2 is 0.673 bits per heavy atom. The molecule has 1 aliphatic carbocycles. The van der Waals surface area contributed by atoms with Crippen LogP contribution in [0.3, 0.4) is 0 Å². The number of hydrogen-bond acceptors (Lipinski definition) is 10. The fourth-order valence-electron chi connectivity index (χ4n) is 13.7. The standard InChI is InChI=1S/C32H52N2OS.C31H46O3.C30H43FO3.H2/c1-3-5-7-9-10-11-12-13-14-16-26-35-30-24-22-29(23-25-30)32-34-33-31(36-32)28-20-18-27(19-21-28)17-15-8-6-4-2;1-3-5-7-9-11-12-14-16-26-33-29-22-18-27(19-23-29)28-20-24-30(25-21-28)34-31(32)17-15-13-10-8-6-4-2;1-3-5-7-9-11-12-14-16-30(32)34-27-20-17-25(18-21-27)26-19-22-29(28(31)24-26)33-23-15-13-10-8-6-4-2;/h22-25,27-28H,3-21,26H2,1-2H3;18-25H,3-17,26H2,1-2H3;17-22,24H,3-16,23H2,1-2H3;1H. The quantitative estimate of drug-likeness (QED) is 0.0210.